The molecule has 0 aliphatic heterocycles. The van der Waals surface area contributed by atoms with Crippen molar-refractivity contribution in [1.29, 1.82) is 0 Å². The van der Waals surface area contributed by atoms with Gasteiger partial charge in [-0.1, -0.05) is 104 Å². The van der Waals surface area contributed by atoms with E-state index in [1.54, 1.807) is 0 Å². The van der Waals surface area contributed by atoms with E-state index in [1.807, 2.05) is 0 Å². The van der Waals surface area contributed by atoms with Crippen LogP contribution in [0.25, 0.3) is 0 Å². The SMILES string of the molecule is CCCCCCCCCCCCCCCC(CC)SCCC. The first-order valence-electron chi connectivity index (χ1n) is 10.5. The van der Waals surface area contributed by atoms with E-state index in [4.69, 9.17) is 0 Å². The summed E-state index contributed by atoms with van der Waals surface area (Å²) in [6, 6.07) is 0. The molecule has 0 aromatic heterocycles. The first kappa shape index (κ1) is 22.4. The fourth-order valence-electron chi connectivity index (χ4n) is 3.08. The molecule has 134 valence electrons. The maximum absolute atomic E-state index is 2.36. The predicted molar refractivity (Wildman–Crippen MR) is 107 cm³/mol. The van der Waals surface area contributed by atoms with Crippen LogP contribution in [0, 0.1) is 0 Å². The van der Waals surface area contributed by atoms with Crippen LogP contribution in [0.2, 0.25) is 0 Å². The summed E-state index contributed by atoms with van der Waals surface area (Å²) in [5.74, 6) is 1.36. The molecule has 0 saturated carbocycles. The molecule has 0 heterocycles. The molecule has 1 atom stereocenters. The first-order valence-corrected chi connectivity index (χ1v) is 11.5. The maximum atomic E-state index is 2.36. The predicted octanol–water partition coefficient (Wildman–Crippen LogP) is 8.39. The highest BCUT2D eigenvalue weighted by atomic mass is 32.2. The molecule has 0 amide bonds. The second-order valence-electron chi connectivity index (χ2n) is 6.93. The number of thioether (sulfide) groups is 1. The lowest BCUT2D eigenvalue weighted by Crippen LogP contribution is -2.01. The second-order valence-corrected chi connectivity index (χ2v) is 8.34. The van der Waals surface area contributed by atoms with Crippen molar-refractivity contribution in [2.75, 3.05) is 5.75 Å². The average molecular weight is 329 g/mol. The van der Waals surface area contributed by atoms with Gasteiger partial charge >= 0.3 is 0 Å². The van der Waals surface area contributed by atoms with E-state index < -0.39 is 0 Å². The summed E-state index contributed by atoms with van der Waals surface area (Å²) in [5, 5.41) is 0.938. The van der Waals surface area contributed by atoms with Crippen LogP contribution in [0.5, 0.6) is 0 Å². The third kappa shape index (κ3) is 16.7. The summed E-state index contributed by atoms with van der Waals surface area (Å²) in [4.78, 5) is 0. The number of hydrogen-bond acceptors (Lipinski definition) is 1. The van der Waals surface area contributed by atoms with Gasteiger partial charge in [-0.15, -0.1) is 0 Å². The summed E-state index contributed by atoms with van der Waals surface area (Å²) in [6.07, 6.45) is 23.2. The Kier molecular flexibility index (Phi) is 19.7. The van der Waals surface area contributed by atoms with Gasteiger partial charge in [0.1, 0.15) is 0 Å². The van der Waals surface area contributed by atoms with E-state index in [0.29, 0.717) is 0 Å². The Labute approximate surface area is 146 Å². The Morgan fingerprint density at radius 2 is 1.00 bits per heavy atom. The molecule has 1 heteroatoms. The van der Waals surface area contributed by atoms with Crippen molar-refractivity contribution >= 4 is 11.8 Å². The lowest BCUT2D eigenvalue weighted by Gasteiger charge is -2.13. The van der Waals surface area contributed by atoms with E-state index in [1.165, 1.54) is 108 Å². The van der Waals surface area contributed by atoms with Crippen molar-refractivity contribution < 1.29 is 0 Å². The van der Waals surface area contributed by atoms with Crippen LogP contribution in [0.15, 0.2) is 0 Å². The smallest absolute Gasteiger partial charge is 0.00444 e. The summed E-state index contributed by atoms with van der Waals surface area (Å²) < 4.78 is 0. The van der Waals surface area contributed by atoms with Crippen molar-refractivity contribution in [1.82, 2.24) is 0 Å². The molecule has 0 rings (SSSR count). The largest absolute Gasteiger partial charge is 0.159 e. The van der Waals surface area contributed by atoms with Gasteiger partial charge in [0.05, 0.1) is 0 Å². The summed E-state index contributed by atoms with van der Waals surface area (Å²) in [5.41, 5.74) is 0. The topological polar surface area (TPSA) is 0 Å². The zero-order valence-corrected chi connectivity index (χ0v) is 16.8. The van der Waals surface area contributed by atoms with Crippen LogP contribution in [-0.2, 0) is 0 Å². The van der Waals surface area contributed by atoms with Gasteiger partial charge in [-0.2, -0.15) is 11.8 Å². The fourth-order valence-corrected chi connectivity index (χ4v) is 4.22. The molecule has 1 unspecified atom stereocenters. The highest BCUT2D eigenvalue weighted by Crippen LogP contribution is 2.22. The molecule has 0 fully saturated rings. The fraction of sp³-hybridized carbons (Fsp3) is 1.00. The van der Waals surface area contributed by atoms with Crippen LogP contribution in [-0.4, -0.2) is 11.0 Å². The highest BCUT2D eigenvalue weighted by Gasteiger charge is 2.05. The Bertz CT molecular complexity index is 190. The maximum Gasteiger partial charge on any atom is 0.00444 e. The Hall–Kier alpha value is 0.350. The van der Waals surface area contributed by atoms with Crippen LogP contribution >= 0.6 is 11.8 Å². The van der Waals surface area contributed by atoms with Gasteiger partial charge in [-0.05, 0) is 25.0 Å². The van der Waals surface area contributed by atoms with Crippen molar-refractivity contribution in [3.8, 4) is 0 Å². The second kappa shape index (κ2) is 19.4. The normalized spacial score (nSPS) is 12.7. The van der Waals surface area contributed by atoms with Crippen molar-refractivity contribution in [2.24, 2.45) is 0 Å². The van der Waals surface area contributed by atoms with E-state index in [-0.39, 0.29) is 0 Å². The molecule has 0 bridgehead atoms. The minimum Gasteiger partial charge on any atom is -0.159 e. The molecule has 0 radical (unpaired) electrons. The van der Waals surface area contributed by atoms with Gasteiger partial charge in [0.15, 0.2) is 0 Å². The molecule has 0 N–H and O–H groups in total. The third-order valence-electron chi connectivity index (χ3n) is 4.64. The Balaban J connectivity index is 3.13. The molecular weight excluding hydrogens is 284 g/mol. The summed E-state index contributed by atoms with van der Waals surface area (Å²) in [6.45, 7) is 6.95. The van der Waals surface area contributed by atoms with Gasteiger partial charge in [-0.25, -0.2) is 0 Å². The van der Waals surface area contributed by atoms with Gasteiger partial charge in [0.2, 0.25) is 0 Å². The average Bonchev–Trinajstić information content (AvgIpc) is 2.54. The van der Waals surface area contributed by atoms with Gasteiger partial charge < -0.3 is 0 Å². The van der Waals surface area contributed by atoms with E-state index in [2.05, 4.69) is 32.5 Å². The third-order valence-corrected chi connectivity index (χ3v) is 6.33. The van der Waals surface area contributed by atoms with Crippen molar-refractivity contribution in [3.63, 3.8) is 0 Å². The minimum absolute atomic E-state index is 0.938. The summed E-state index contributed by atoms with van der Waals surface area (Å²) in [7, 11) is 0. The minimum atomic E-state index is 0.938. The molecule has 0 aliphatic carbocycles. The quantitative estimate of drug-likeness (QED) is 0.228. The van der Waals surface area contributed by atoms with Gasteiger partial charge in [0, 0.05) is 5.25 Å². The molecular formula is C21H44S. The molecule has 0 nitrogen and oxygen atoms in total. The number of unbranched alkanes of at least 4 members (excludes halogenated alkanes) is 12. The number of hydrogen-bond donors (Lipinski definition) is 0. The van der Waals surface area contributed by atoms with E-state index >= 15 is 0 Å². The molecule has 0 spiro atoms. The molecule has 0 saturated heterocycles. The van der Waals surface area contributed by atoms with Gasteiger partial charge in [0.25, 0.3) is 0 Å². The van der Waals surface area contributed by atoms with E-state index in [0.717, 1.165) is 5.25 Å². The van der Waals surface area contributed by atoms with Crippen molar-refractivity contribution in [3.05, 3.63) is 0 Å². The van der Waals surface area contributed by atoms with Crippen molar-refractivity contribution in [2.45, 2.75) is 129 Å². The van der Waals surface area contributed by atoms with Crippen LogP contribution in [0.4, 0.5) is 0 Å². The molecule has 0 aliphatic rings. The Morgan fingerprint density at radius 3 is 1.41 bits per heavy atom. The van der Waals surface area contributed by atoms with E-state index in [9.17, 15) is 0 Å². The van der Waals surface area contributed by atoms with Gasteiger partial charge in [-0.3, -0.25) is 0 Å². The monoisotopic (exact) mass is 328 g/mol. The molecule has 0 aromatic carbocycles. The van der Waals surface area contributed by atoms with Crippen LogP contribution in [0.1, 0.15) is 124 Å². The van der Waals surface area contributed by atoms with Crippen LogP contribution in [0.3, 0.4) is 0 Å². The van der Waals surface area contributed by atoms with Crippen LogP contribution < -0.4 is 0 Å². The zero-order valence-electron chi connectivity index (χ0n) is 16.0. The lowest BCUT2D eigenvalue weighted by atomic mass is 10.0. The standard InChI is InChI=1S/C21H44S/c1-4-7-8-9-10-11-12-13-14-15-16-17-18-19-21(6-3)22-20-5-2/h21H,4-20H2,1-3H3. The number of rotatable bonds is 18. The highest BCUT2D eigenvalue weighted by molar-refractivity contribution is 7.99. The Morgan fingerprint density at radius 1 is 0.545 bits per heavy atom. The lowest BCUT2D eigenvalue weighted by molar-refractivity contribution is 0.533. The first-order chi connectivity index (χ1) is 10.8. The summed E-state index contributed by atoms with van der Waals surface area (Å²) >= 11 is 2.21. The zero-order chi connectivity index (χ0) is 16.3. The molecule has 22 heavy (non-hydrogen) atoms. The molecule has 0 aromatic rings.